The van der Waals surface area contributed by atoms with Gasteiger partial charge >= 0.3 is 0 Å². The molecule has 5 nitrogen and oxygen atoms in total. The van der Waals surface area contributed by atoms with Crippen LogP contribution < -0.4 is 11.1 Å². The average molecular weight is 359 g/mol. The summed E-state index contributed by atoms with van der Waals surface area (Å²) in [6.07, 6.45) is 4.71. The van der Waals surface area contributed by atoms with Gasteiger partial charge in [0.15, 0.2) is 23.3 Å². The standard InChI is InChI=1S/C15H14F5N5/c16-7-8(17)10(19)12(11(20)9(7)18)22-15-24-13(23-14(21)25-15)6-4-2-1-3-5-6/h6H,1-5H2,(H3,21,22,23,24,25). The molecule has 3 N–H and O–H groups in total. The summed E-state index contributed by atoms with van der Waals surface area (Å²) in [7, 11) is 0. The first kappa shape index (κ1) is 17.3. The van der Waals surface area contributed by atoms with Crippen molar-refractivity contribution in [3.8, 4) is 0 Å². The summed E-state index contributed by atoms with van der Waals surface area (Å²) in [5.41, 5.74) is 4.34. The molecular weight excluding hydrogens is 345 g/mol. The van der Waals surface area contributed by atoms with Crippen LogP contribution in [0.2, 0.25) is 0 Å². The zero-order valence-electron chi connectivity index (χ0n) is 12.9. The van der Waals surface area contributed by atoms with Gasteiger partial charge in [-0.15, -0.1) is 0 Å². The Kier molecular flexibility index (Phi) is 4.69. The van der Waals surface area contributed by atoms with E-state index in [4.69, 9.17) is 5.73 Å². The van der Waals surface area contributed by atoms with Gasteiger partial charge in [-0.05, 0) is 12.8 Å². The van der Waals surface area contributed by atoms with Crippen LogP contribution in [-0.4, -0.2) is 15.0 Å². The smallest absolute Gasteiger partial charge is 0.232 e. The molecule has 0 amide bonds. The van der Waals surface area contributed by atoms with Crippen LogP contribution in [0.5, 0.6) is 0 Å². The molecular formula is C15H14F5N5. The quantitative estimate of drug-likeness (QED) is 0.493. The maximum absolute atomic E-state index is 13.8. The minimum Gasteiger partial charge on any atom is -0.368 e. The van der Waals surface area contributed by atoms with E-state index in [1.165, 1.54) is 0 Å². The van der Waals surface area contributed by atoms with Crippen molar-refractivity contribution in [3.63, 3.8) is 0 Å². The van der Waals surface area contributed by atoms with Gasteiger partial charge in [-0.2, -0.15) is 15.0 Å². The lowest BCUT2D eigenvalue weighted by Crippen LogP contribution is -2.14. The summed E-state index contributed by atoms with van der Waals surface area (Å²) < 4.78 is 67.2. The summed E-state index contributed by atoms with van der Waals surface area (Å²) in [5, 5.41) is 2.03. The Morgan fingerprint density at radius 3 is 1.92 bits per heavy atom. The molecule has 1 aromatic heterocycles. The maximum atomic E-state index is 13.8. The van der Waals surface area contributed by atoms with Crippen LogP contribution >= 0.6 is 0 Å². The lowest BCUT2D eigenvalue weighted by Gasteiger charge is -2.20. The fourth-order valence-electron chi connectivity index (χ4n) is 2.84. The van der Waals surface area contributed by atoms with Gasteiger partial charge in [-0.25, -0.2) is 22.0 Å². The molecule has 1 fully saturated rings. The van der Waals surface area contributed by atoms with Gasteiger partial charge in [0.05, 0.1) is 0 Å². The summed E-state index contributed by atoms with van der Waals surface area (Å²) in [5.74, 6) is -10.6. The van der Waals surface area contributed by atoms with Crippen molar-refractivity contribution in [1.29, 1.82) is 0 Å². The topological polar surface area (TPSA) is 76.7 Å². The zero-order chi connectivity index (χ0) is 18.1. The molecule has 0 spiro atoms. The molecule has 0 bridgehead atoms. The summed E-state index contributed by atoms with van der Waals surface area (Å²) >= 11 is 0. The SMILES string of the molecule is Nc1nc(Nc2c(F)c(F)c(F)c(F)c2F)nc(C2CCCCC2)n1. The molecule has 1 aromatic carbocycles. The second-order valence-electron chi connectivity index (χ2n) is 5.78. The van der Waals surface area contributed by atoms with E-state index in [9.17, 15) is 22.0 Å². The van der Waals surface area contributed by atoms with E-state index in [1.54, 1.807) is 0 Å². The molecule has 0 aliphatic heterocycles. The fraction of sp³-hybridized carbons (Fsp3) is 0.400. The van der Waals surface area contributed by atoms with Gasteiger partial charge < -0.3 is 11.1 Å². The molecule has 1 saturated carbocycles. The number of rotatable bonds is 3. The Balaban J connectivity index is 1.97. The van der Waals surface area contributed by atoms with Gasteiger partial charge in [0, 0.05) is 5.92 Å². The number of aromatic nitrogens is 3. The van der Waals surface area contributed by atoms with E-state index in [2.05, 4.69) is 15.0 Å². The van der Waals surface area contributed by atoms with Crippen molar-refractivity contribution in [1.82, 2.24) is 15.0 Å². The molecule has 1 heterocycles. The lowest BCUT2D eigenvalue weighted by atomic mass is 9.89. The second kappa shape index (κ2) is 6.77. The molecule has 2 aromatic rings. The van der Waals surface area contributed by atoms with E-state index in [0.29, 0.717) is 5.82 Å². The minimum absolute atomic E-state index is 0.0102. The van der Waals surface area contributed by atoms with Crippen LogP contribution in [0.1, 0.15) is 43.8 Å². The second-order valence-corrected chi connectivity index (χ2v) is 5.78. The molecule has 3 rings (SSSR count). The molecule has 134 valence electrons. The molecule has 0 saturated heterocycles. The Hall–Kier alpha value is -2.52. The Bertz CT molecular complexity index is 778. The minimum atomic E-state index is -2.24. The normalized spacial score (nSPS) is 15.4. The Morgan fingerprint density at radius 2 is 1.32 bits per heavy atom. The van der Waals surface area contributed by atoms with Crippen LogP contribution in [-0.2, 0) is 0 Å². The third-order valence-corrected chi connectivity index (χ3v) is 4.09. The first-order valence-electron chi connectivity index (χ1n) is 7.68. The third kappa shape index (κ3) is 3.33. The van der Waals surface area contributed by atoms with E-state index in [-0.39, 0.29) is 17.8 Å². The highest BCUT2D eigenvalue weighted by molar-refractivity contribution is 5.56. The zero-order valence-corrected chi connectivity index (χ0v) is 12.9. The predicted molar refractivity (Wildman–Crippen MR) is 79.6 cm³/mol. The molecule has 1 aliphatic carbocycles. The number of anilines is 3. The number of halogens is 5. The van der Waals surface area contributed by atoms with Crippen molar-refractivity contribution >= 4 is 17.6 Å². The van der Waals surface area contributed by atoms with Crippen LogP contribution in [0.3, 0.4) is 0 Å². The average Bonchev–Trinajstić information content (AvgIpc) is 2.62. The van der Waals surface area contributed by atoms with Crippen molar-refractivity contribution in [2.75, 3.05) is 11.1 Å². The highest BCUT2D eigenvalue weighted by atomic mass is 19.2. The molecule has 10 heteroatoms. The molecule has 1 aliphatic rings. The first-order chi connectivity index (χ1) is 11.9. The number of nitrogens with zero attached hydrogens (tertiary/aromatic N) is 3. The van der Waals surface area contributed by atoms with Crippen molar-refractivity contribution in [2.24, 2.45) is 0 Å². The largest absolute Gasteiger partial charge is 0.368 e. The first-order valence-corrected chi connectivity index (χ1v) is 7.68. The number of hydrogen-bond donors (Lipinski definition) is 2. The van der Waals surface area contributed by atoms with Crippen LogP contribution in [0.4, 0.5) is 39.5 Å². The summed E-state index contributed by atoms with van der Waals surface area (Å²) in [6.45, 7) is 0. The van der Waals surface area contributed by atoms with Crippen molar-refractivity contribution < 1.29 is 22.0 Å². The highest BCUT2D eigenvalue weighted by Crippen LogP contribution is 2.32. The van der Waals surface area contributed by atoms with E-state index >= 15 is 0 Å². The number of nitrogens with two attached hydrogens (primary N) is 1. The molecule has 25 heavy (non-hydrogen) atoms. The Morgan fingerprint density at radius 1 is 0.760 bits per heavy atom. The predicted octanol–water partition coefficient (Wildman–Crippen LogP) is 3.94. The van der Waals surface area contributed by atoms with E-state index < -0.39 is 34.8 Å². The Labute approximate surface area is 139 Å². The summed E-state index contributed by atoms with van der Waals surface area (Å²) in [4.78, 5) is 11.7. The molecule has 0 atom stereocenters. The summed E-state index contributed by atoms with van der Waals surface area (Å²) in [6, 6.07) is 0. The maximum Gasteiger partial charge on any atom is 0.232 e. The van der Waals surface area contributed by atoms with E-state index in [1.807, 2.05) is 5.32 Å². The van der Waals surface area contributed by atoms with Gasteiger partial charge in [-0.3, -0.25) is 0 Å². The molecule has 0 unspecified atom stereocenters. The number of benzene rings is 1. The van der Waals surface area contributed by atoms with Gasteiger partial charge in [0.2, 0.25) is 17.7 Å². The fourth-order valence-corrected chi connectivity index (χ4v) is 2.84. The number of hydrogen-bond acceptors (Lipinski definition) is 5. The molecule has 0 radical (unpaired) electrons. The van der Waals surface area contributed by atoms with Gasteiger partial charge in [-0.1, -0.05) is 19.3 Å². The van der Waals surface area contributed by atoms with Crippen molar-refractivity contribution in [3.05, 3.63) is 34.9 Å². The van der Waals surface area contributed by atoms with E-state index in [0.717, 1.165) is 32.1 Å². The lowest BCUT2D eigenvalue weighted by molar-refractivity contribution is 0.382. The van der Waals surface area contributed by atoms with Gasteiger partial charge in [0.25, 0.3) is 0 Å². The number of nitrogen functional groups attached to an aromatic ring is 1. The highest BCUT2D eigenvalue weighted by Gasteiger charge is 2.27. The third-order valence-electron chi connectivity index (χ3n) is 4.09. The van der Waals surface area contributed by atoms with Crippen LogP contribution in [0, 0.1) is 29.1 Å². The van der Waals surface area contributed by atoms with Crippen molar-refractivity contribution in [2.45, 2.75) is 38.0 Å². The van der Waals surface area contributed by atoms with Crippen LogP contribution in [0.25, 0.3) is 0 Å². The van der Waals surface area contributed by atoms with Gasteiger partial charge in [0.1, 0.15) is 11.5 Å². The monoisotopic (exact) mass is 359 g/mol. The van der Waals surface area contributed by atoms with Crippen LogP contribution in [0.15, 0.2) is 0 Å². The number of nitrogens with one attached hydrogen (secondary N) is 1.